The molecule has 2 unspecified atom stereocenters. The van der Waals surface area contributed by atoms with E-state index < -0.39 is 0 Å². The second-order valence-electron chi connectivity index (χ2n) is 8.78. The van der Waals surface area contributed by atoms with Gasteiger partial charge in [-0.1, -0.05) is 6.07 Å². The van der Waals surface area contributed by atoms with E-state index in [-0.39, 0.29) is 54.0 Å². The SMILES string of the molecule is CC(CC(=O)Nc1cccc(N2CCCC2)c1)NC(=O)C1CC12CCNCC2.Cl.Cl. The molecule has 3 aliphatic rings. The lowest BCUT2D eigenvalue weighted by molar-refractivity contribution is -0.124. The number of amides is 2. The lowest BCUT2D eigenvalue weighted by atomic mass is 9.91. The van der Waals surface area contributed by atoms with Gasteiger partial charge in [-0.3, -0.25) is 9.59 Å². The molecule has 4 rings (SSSR count). The quantitative estimate of drug-likeness (QED) is 0.613. The number of nitrogens with zero attached hydrogens (tertiary/aromatic N) is 1. The highest BCUT2D eigenvalue weighted by Crippen LogP contribution is 2.58. The number of rotatable bonds is 6. The Hall–Kier alpha value is -1.50. The van der Waals surface area contributed by atoms with Crippen LogP contribution in [0.3, 0.4) is 0 Å². The van der Waals surface area contributed by atoms with Crippen molar-refractivity contribution in [2.45, 2.75) is 51.5 Å². The summed E-state index contributed by atoms with van der Waals surface area (Å²) in [5.74, 6) is 0.203. The Bertz CT molecular complexity index is 734. The van der Waals surface area contributed by atoms with Crippen LogP contribution in [0.25, 0.3) is 0 Å². The van der Waals surface area contributed by atoms with E-state index in [2.05, 4.69) is 26.9 Å². The second-order valence-corrected chi connectivity index (χ2v) is 8.78. The third-order valence-electron chi connectivity index (χ3n) is 6.59. The second kappa shape index (κ2) is 10.7. The zero-order valence-electron chi connectivity index (χ0n) is 17.6. The van der Waals surface area contributed by atoms with E-state index in [0.29, 0.717) is 6.42 Å². The minimum atomic E-state index is -0.159. The highest BCUT2D eigenvalue weighted by molar-refractivity contribution is 5.92. The van der Waals surface area contributed by atoms with Crippen LogP contribution in [-0.4, -0.2) is 44.0 Å². The average Bonchev–Trinajstić information content (AvgIpc) is 3.11. The number of halogens is 2. The summed E-state index contributed by atoms with van der Waals surface area (Å²) in [5, 5.41) is 9.41. The summed E-state index contributed by atoms with van der Waals surface area (Å²) in [6, 6.07) is 7.88. The molecule has 1 spiro atoms. The Morgan fingerprint density at radius 3 is 2.60 bits per heavy atom. The minimum absolute atomic E-state index is 0. The summed E-state index contributed by atoms with van der Waals surface area (Å²) in [4.78, 5) is 27.3. The van der Waals surface area contributed by atoms with Crippen molar-refractivity contribution in [2.24, 2.45) is 11.3 Å². The molecular weight excluding hydrogens is 423 g/mol. The Morgan fingerprint density at radius 1 is 1.20 bits per heavy atom. The fourth-order valence-corrected chi connectivity index (χ4v) is 4.84. The summed E-state index contributed by atoms with van der Waals surface area (Å²) in [7, 11) is 0. The molecule has 8 heteroatoms. The maximum absolute atomic E-state index is 12.6. The number of hydrogen-bond acceptors (Lipinski definition) is 4. The average molecular weight is 457 g/mol. The first-order valence-electron chi connectivity index (χ1n) is 10.7. The van der Waals surface area contributed by atoms with Gasteiger partial charge in [0, 0.05) is 42.8 Å². The fourth-order valence-electron chi connectivity index (χ4n) is 4.84. The van der Waals surface area contributed by atoms with Crippen molar-refractivity contribution in [3.8, 4) is 0 Å². The molecule has 1 saturated carbocycles. The molecule has 3 N–H and O–H groups in total. The van der Waals surface area contributed by atoms with Crippen LogP contribution in [0.1, 0.15) is 45.4 Å². The van der Waals surface area contributed by atoms with Gasteiger partial charge in [-0.05, 0) is 75.7 Å². The zero-order chi connectivity index (χ0) is 19.6. The number of nitrogens with one attached hydrogen (secondary N) is 3. The molecule has 2 amide bonds. The van der Waals surface area contributed by atoms with Gasteiger partial charge in [0.1, 0.15) is 0 Å². The van der Waals surface area contributed by atoms with Crippen molar-refractivity contribution in [3.63, 3.8) is 0 Å². The smallest absolute Gasteiger partial charge is 0.226 e. The van der Waals surface area contributed by atoms with Crippen LogP contribution in [0.15, 0.2) is 24.3 Å². The highest BCUT2D eigenvalue weighted by Gasteiger charge is 2.57. The van der Waals surface area contributed by atoms with Gasteiger partial charge in [0.05, 0.1) is 0 Å². The molecule has 6 nitrogen and oxygen atoms in total. The third kappa shape index (κ3) is 5.80. The van der Waals surface area contributed by atoms with Crippen molar-refractivity contribution in [1.29, 1.82) is 0 Å². The van der Waals surface area contributed by atoms with E-state index in [0.717, 1.165) is 56.8 Å². The number of carbonyl (C=O) groups is 2. The third-order valence-corrected chi connectivity index (χ3v) is 6.59. The molecule has 2 atom stereocenters. The van der Waals surface area contributed by atoms with Gasteiger partial charge in [0.15, 0.2) is 0 Å². The van der Waals surface area contributed by atoms with Gasteiger partial charge in [-0.25, -0.2) is 0 Å². The standard InChI is InChI=1S/C22H32N4O2.2ClH/c1-16(24-21(28)19-15-22(19)7-9-23-10-8-22)13-20(27)25-17-5-4-6-18(14-17)26-11-2-3-12-26;;/h4-6,14,16,19,23H,2-3,7-13,15H2,1H3,(H,24,28)(H,25,27);2*1H. The van der Waals surface area contributed by atoms with Crippen molar-refractivity contribution in [1.82, 2.24) is 10.6 Å². The van der Waals surface area contributed by atoms with E-state index in [1.54, 1.807) is 0 Å². The van der Waals surface area contributed by atoms with Gasteiger partial charge >= 0.3 is 0 Å². The zero-order valence-corrected chi connectivity index (χ0v) is 19.2. The molecule has 1 aliphatic carbocycles. The largest absolute Gasteiger partial charge is 0.371 e. The molecule has 0 bridgehead atoms. The summed E-state index contributed by atoms with van der Waals surface area (Å²) in [6.45, 7) is 6.10. The lowest BCUT2D eigenvalue weighted by Gasteiger charge is -2.23. The Morgan fingerprint density at radius 2 is 1.90 bits per heavy atom. The Labute approximate surface area is 191 Å². The molecule has 0 aromatic heterocycles. The first-order valence-corrected chi connectivity index (χ1v) is 10.7. The van der Waals surface area contributed by atoms with Gasteiger partial charge in [-0.15, -0.1) is 24.8 Å². The number of hydrogen-bond donors (Lipinski definition) is 3. The van der Waals surface area contributed by atoms with Crippen LogP contribution in [-0.2, 0) is 9.59 Å². The molecule has 1 aromatic carbocycles. The number of benzene rings is 1. The first kappa shape index (κ1) is 24.8. The Kier molecular flexibility index (Phi) is 8.83. The van der Waals surface area contributed by atoms with Crippen molar-refractivity contribution in [2.75, 3.05) is 36.4 Å². The van der Waals surface area contributed by atoms with Gasteiger partial charge in [0.2, 0.25) is 11.8 Å². The first-order chi connectivity index (χ1) is 13.6. The van der Waals surface area contributed by atoms with Crippen LogP contribution >= 0.6 is 24.8 Å². The molecule has 3 fully saturated rings. The molecule has 1 aromatic rings. The summed E-state index contributed by atoms with van der Waals surface area (Å²) in [5.41, 5.74) is 2.22. The molecule has 0 radical (unpaired) electrons. The summed E-state index contributed by atoms with van der Waals surface area (Å²) in [6.07, 6.45) is 5.93. The predicted octanol–water partition coefficient (Wildman–Crippen LogP) is 3.35. The minimum Gasteiger partial charge on any atom is -0.371 e. The van der Waals surface area contributed by atoms with E-state index >= 15 is 0 Å². The molecule has 168 valence electrons. The van der Waals surface area contributed by atoms with Crippen LogP contribution in [0.2, 0.25) is 0 Å². The molecule has 2 aliphatic heterocycles. The van der Waals surface area contributed by atoms with Crippen molar-refractivity contribution >= 4 is 48.0 Å². The maximum Gasteiger partial charge on any atom is 0.226 e. The van der Waals surface area contributed by atoms with Gasteiger partial charge < -0.3 is 20.9 Å². The topological polar surface area (TPSA) is 73.5 Å². The summed E-state index contributed by atoms with van der Waals surface area (Å²) < 4.78 is 0. The number of carbonyl (C=O) groups excluding carboxylic acids is 2. The van der Waals surface area contributed by atoms with Crippen LogP contribution < -0.4 is 20.9 Å². The van der Waals surface area contributed by atoms with Crippen LogP contribution in [0.5, 0.6) is 0 Å². The predicted molar refractivity (Wildman–Crippen MR) is 126 cm³/mol. The van der Waals surface area contributed by atoms with Gasteiger partial charge in [0.25, 0.3) is 0 Å². The lowest BCUT2D eigenvalue weighted by Crippen LogP contribution is -2.39. The van der Waals surface area contributed by atoms with E-state index in [1.807, 2.05) is 25.1 Å². The van der Waals surface area contributed by atoms with Gasteiger partial charge in [-0.2, -0.15) is 0 Å². The fraction of sp³-hybridized carbons (Fsp3) is 0.636. The maximum atomic E-state index is 12.6. The van der Waals surface area contributed by atoms with Crippen LogP contribution in [0.4, 0.5) is 11.4 Å². The Balaban J connectivity index is 0.00000160. The number of piperidine rings is 1. The van der Waals surface area contributed by atoms with Crippen molar-refractivity contribution in [3.05, 3.63) is 24.3 Å². The van der Waals surface area contributed by atoms with E-state index in [1.165, 1.54) is 12.8 Å². The van der Waals surface area contributed by atoms with E-state index in [4.69, 9.17) is 0 Å². The molecule has 30 heavy (non-hydrogen) atoms. The summed E-state index contributed by atoms with van der Waals surface area (Å²) >= 11 is 0. The number of anilines is 2. The monoisotopic (exact) mass is 456 g/mol. The molecular formula is C22H34Cl2N4O2. The van der Waals surface area contributed by atoms with Crippen LogP contribution in [0, 0.1) is 11.3 Å². The molecule has 2 heterocycles. The normalized spacial score (nSPS) is 22.4. The highest BCUT2D eigenvalue weighted by atomic mass is 35.5. The molecule has 2 saturated heterocycles. The van der Waals surface area contributed by atoms with E-state index in [9.17, 15) is 9.59 Å². The van der Waals surface area contributed by atoms with Crippen molar-refractivity contribution < 1.29 is 9.59 Å².